The minimum atomic E-state index is -1.13. The molecular weight excluding hydrogens is 466 g/mol. The van der Waals surface area contributed by atoms with Crippen LogP contribution in [0.1, 0.15) is 47.9 Å². The molecule has 3 amide bonds. The van der Waals surface area contributed by atoms with Crippen LogP contribution in [0.15, 0.2) is 42.5 Å². The average molecular weight is 488 g/mol. The predicted molar refractivity (Wildman–Crippen MR) is 123 cm³/mol. The molecule has 0 saturated carbocycles. The van der Waals surface area contributed by atoms with E-state index in [0.717, 1.165) is 11.0 Å². The van der Waals surface area contributed by atoms with Crippen molar-refractivity contribution in [3.8, 4) is 0 Å². The topological polar surface area (TPSA) is 127 Å². The van der Waals surface area contributed by atoms with Gasteiger partial charge in [0, 0.05) is 17.2 Å². The van der Waals surface area contributed by atoms with Gasteiger partial charge in [-0.1, -0.05) is 11.6 Å². The van der Waals surface area contributed by atoms with Crippen LogP contribution in [0.2, 0.25) is 5.02 Å². The number of benzene rings is 2. The molecular formula is C23H22ClN3O7. The lowest BCUT2D eigenvalue weighted by atomic mass is 9.99. The Kier molecular flexibility index (Phi) is 6.74. The van der Waals surface area contributed by atoms with Crippen molar-refractivity contribution >= 4 is 46.7 Å². The molecule has 2 aromatic rings. The molecule has 10 nitrogen and oxygen atoms in total. The highest BCUT2D eigenvalue weighted by Crippen LogP contribution is 2.32. The quantitative estimate of drug-likeness (QED) is 0.273. The molecule has 1 saturated heterocycles. The minimum absolute atomic E-state index is 0.0350. The number of rotatable bonds is 5. The summed E-state index contributed by atoms with van der Waals surface area (Å²) >= 11 is 5.86. The molecule has 0 aromatic heterocycles. The van der Waals surface area contributed by atoms with Crippen LogP contribution < -0.4 is 4.90 Å². The first-order chi connectivity index (χ1) is 15.9. The number of hydrogen-bond acceptors (Lipinski definition) is 7. The second-order valence-electron chi connectivity index (χ2n) is 8.60. The summed E-state index contributed by atoms with van der Waals surface area (Å²) in [6, 6.07) is 8.23. The molecule has 178 valence electrons. The summed E-state index contributed by atoms with van der Waals surface area (Å²) in [6.07, 6.45) is -0.268. The number of nitrogens with zero attached hydrogens (tertiary/aromatic N) is 3. The Morgan fingerprint density at radius 2 is 1.71 bits per heavy atom. The van der Waals surface area contributed by atoms with Gasteiger partial charge in [0.15, 0.2) is 0 Å². The van der Waals surface area contributed by atoms with Gasteiger partial charge in [-0.3, -0.25) is 24.5 Å². The Morgan fingerprint density at radius 3 is 2.24 bits per heavy atom. The van der Waals surface area contributed by atoms with Crippen LogP contribution in [0.4, 0.5) is 11.4 Å². The number of nitro benzene ring substituents is 1. The molecule has 11 heteroatoms. The zero-order chi connectivity index (χ0) is 25.4. The summed E-state index contributed by atoms with van der Waals surface area (Å²) < 4.78 is 4.65. The number of nitro groups is 1. The summed E-state index contributed by atoms with van der Waals surface area (Å²) in [5, 5.41) is 11.1. The van der Waals surface area contributed by atoms with Crippen molar-refractivity contribution in [3.05, 3.63) is 68.7 Å². The molecule has 1 aliphatic heterocycles. The largest absolute Gasteiger partial charge is 0.465 e. The molecule has 3 rings (SSSR count). The maximum Gasteiger partial charge on any atom is 0.337 e. The van der Waals surface area contributed by atoms with Crippen LogP contribution in [0.3, 0.4) is 0 Å². The van der Waals surface area contributed by atoms with Gasteiger partial charge in [-0.2, -0.15) is 0 Å². The van der Waals surface area contributed by atoms with E-state index in [4.69, 9.17) is 11.6 Å². The summed E-state index contributed by atoms with van der Waals surface area (Å²) in [7, 11) is 1.24. The van der Waals surface area contributed by atoms with Gasteiger partial charge < -0.3 is 9.64 Å². The van der Waals surface area contributed by atoms with Crippen molar-refractivity contribution in [2.75, 3.05) is 12.0 Å². The van der Waals surface area contributed by atoms with Crippen molar-refractivity contribution in [1.82, 2.24) is 4.90 Å². The second kappa shape index (κ2) is 9.22. The van der Waals surface area contributed by atoms with Crippen LogP contribution in [-0.2, 0) is 14.3 Å². The van der Waals surface area contributed by atoms with Crippen LogP contribution in [0.5, 0.6) is 0 Å². The van der Waals surface area contributed by atoms with E-state index in [9.17, 15) is 29.3 Å². The summed E-state index contributed by atoms with van der Waals surface area (Å²) in [4.78, 5) is 64.0. The van der Waals surface area contributed by atoms with Gasteiger partial charge in [0.1, 0.15) is 11.1 Å². The zero-order valence-corrected chi connectivity index (χ0v) is 19.7. The third-order valence-corrected chi connectivity index (χ3v) is 5.63. The lowest BCUT2D eigenvalue weighted by molar-refractivity contribution is -0.384. The van der Waals surface area contributed by atoms with Crippen molar-refractivity contribution in [1.29, 1.82) is 0 Å². The van der Waals surface area contributed by atoms with Gasteiger partial charge >= 0.3 is 5.97 Å². The Balaban J connectivity index is 1.97. The van der Waals surface area contributed by atoms with Crippen LogP contribution in [0, 0.1) is 10.1 Å². The van der Waals surface area contributed by atoms with Crippen molar-refractivity contribution in [2.45, 2.75) is 38.8 Å². The van der Waals surface area contributed by atoms with E-state index in [-0.39, 0.29) is 28.3 Å². The number of amides is 3. The van der Waals surface area contributed by atoms with E-state index < -0.39 is 45.9 Å². The molecule has 1 heterocycles. The second-order valence-corrected chi connectivity index (χ2v) is 9.00. The number of hydrogen-bond donors (Lipinski definition) is 0. The Hall–Kier alpha value is -3.79. The van der Waals surface area contributed by atoms with Gasteiger partial charge in [0.05, 0.1) is 29.7 Å². The third-order valence-electron chi connectivity index (χ3n) is 5.31. The molecule has 0 bridgehead atoms. The fourth-order valence-corrected chi connectivity index (χ4v) is 3.98. The van der Waals surface area contributed by atoms with Crippen molar-refractivity contribution in [2.24, 2.45) is 0 Å². The molecule has 2 aromatic carbocycles. The number of carbonyl (C=O) groups excluding carboxylic acids is 4. The molecule has 0 spiro atoms. The highest BCUT2D eigenvalue weighted by atomic mass is 35.5. The van der Waals surface area contributed by atoms with Crippen molar-refractivity contribution < 1.29 is 28.8 Å². The van der Waals surface area contributed by atoms with Crippen LogP contribution in [0.25, 0.3) is 0 Å². The number of anilines is 1. The number of methoxy groups -OCH3 is 1. The SMILES string of the molecule is COC(=O)c1ccc(N2C(=O)CC(N(C(=O)c3ccc(Cl)c([N+](=O)[O-])c3)C(C)(C)C)C2=O)cc1. The molecule has 1 atom stereocenters. The lowest BCUT2D eigenvalue weighted by Gasteiger charge is -2.39. The lowest BCUT2D eigenvalue weighted by Crippen LogP contribution is -2.54. The maximum absolute atomic E-state index is 13.4. The van der Waals surface area contributed by atoms with E-state index in [0.29, 0.717) is 0 Å². The summed E-state index contributed by atoms with van der Waals surface area (Å²) in [5.41, 5.74) is -0.891. The average Bonchev–Trinajstić information content (AvgIpc) is 3.05. The Labute approximate surface area is 200 Å². The molecule has 0 radical (unpaired) electrons. The highest BCUT2D eigenvalue weighted by molar-refractivity contribution is 6.32. The standard InChI is InChI=1S/C23H22ClN3O7/c1-23(2,3)26(20(29)14-7-10-16(24)17(11-14)27(32)33)18-12-19(28)25(21(18)30)15-8-5-13(6-9-15)22(31)34-4/h5-11,18H,12H2,1-4H3. The first-order valence-corrected chi connectivity index (χ1v) is 10.6. The fraction of sp³-hybridized carbons (Fsp3) is 0.304. The van der Waals surface area contributed by atoms with Gasteiger partial charge in [-0.05, 0) is 57.2 Å². The van der Waals surface area contributed by atoms with Crippen molar-refractivity contribution in [3.63, 3.8) is 0 Å². The molecule has 0 aliphatic carbocycles. The van der Waals surface area contributed by atoms with Gasteiger partial charge in [0.25, 0.3) is 17.5 Å². The smallest absolute Gasteiger partial charge is 0.337 e. The van der Waals surface area contributed by atoms with Gasteiger partial charge in [-0.25, -0.2) is 9.69 Å². The number of esters is 1. The molecule has 1 unspecified atom stereocenters. The molecule has 0 N–H and O–H groups in total. The summed E-state index contributed by atoms with van der Waals surface area (Å²) in [5.74, 6) is -2.36. The monoisotopic (exact) mass is 487 g/mol. The molecule has 1 aliphatic rings. The van der Waals surface area contributed by atoms with E-state index in [2.05, 4.69) is 4.74 Å². The zero-order valence-electron chi connectivity index (χ0n) is 18.9. The Bertz CT molecular complexity index is 1190. The number of imide groups is 1. The Morgan fingerprint density at radius 1 is 1.12 bits per heavy atom. The number of ether oxygens (including phenoxy) is 1. The van der Waals surface area contributed by atoms with Crippen LogP contribution in [-0.4, -0.2) is 52.2 Å². The minimum Gasteiger partial charge on any atom is -0.465 e. The fourth-order valence-electron chi connectivity index (χ4n) is 3.79. The number of halogens is 1. The van der Waals surface area contributed by atoms with E-state index in [1.54, 1.807) is 20.8 Å². The van der Waals surface area contributed by atoms with E-state index in [1.165, 1.54) is 48.4 Å². The highest BCUT2D eigenvalue weighted by Gasteiger charge is 2.48. The third kappa shape index (κ3) is 4.62. The molecule has 34 heavy (non-hydrogen) atoms. The van der Waals surface area contributed by atoms with Gasteiger partial charge in [0.2, 0.25) is 5.91 Å². The maximum atomic E-state index is 13.4. The predicted octanol–water partition coefficient (Wildman–Crippen LogP) is 3.61. The summed E-state index contributed by atoms with van der Waals surface area (Å²) in [6.45, 7) is 5.09. The van der Waals surface area contributed by atoms with Gasteiger partial charge in [-0.15, -0.1) is 0 Å². The van der Waals surface area contributed by atoms with E-state index >= 15 is 0 Å². The van der Waals surface area contributed by atoms with Crippen LogP contribution >= 0.6 is 11.6 Å². The number of carbonyl (C=O) groups is 4. The normalized spacial score (nSPS) is 15.9. The molecule has 1 fully saturated rings. The first kappa shape index (κ1) is 24.8. The first-order valence-electron chi connectivity index (χ1n) is 10.2. The van der Waals surface area contributed by atoms with E-state index in [1.807, 2.05) is 0 Å².